The lowest BCUT2D eigenvalue weighted by Gasteiger charge is -2.24. The average Bonchev–Trinajstić information content (AvgIpc) is 2.72. The molecule has 1 N–H and O–H groups in total. The molecule has 1 aliphatic carbocycles. The van der Waals surface area contributed by atoms with Crippen LogP contribution in [0.4, 0.5) is 0 Å². The maximum absolute atomic E-state index is 11.3. The second-order valence-corrected chi connectivity index (χ2v) is 11.4. The molecule has 1 fully saturated rings. The maximum Gasteiger partial charge on any atom is 0.127 e. The quantitative estimate of drug-likeness (QED) is 0.444. The highest BCUT2D eigenvalue weighted by Crippen LogP contribution is 2.40. The number of benzene rings is 3. The van der Waals surface area contributed by atoms with Crippen molar-refractivity contribution in [1.82, 2.24) is 0 Å². The van der Waals surface area contributed by atoms with Gasteiger partial charge in [0.1, 0.15) is 5.75 Å². The molecule has 0 unspecified atom stereocenters. The molecule has 0 bridgehead atoms. The van der Waals surface area contributed by atoms with Gasteiger partial charge in [0.05, 0.1) is 0 Å². The summed E-state index contributed by atoms with van der Waals surface area (Å²) >= 11 is 2.05. The first-order valence-corrected chi connectivity index (χ1v) is 12.9. The highest BCUT2D eigenvalue weighted by atomic mass is 32.2. The SMILES string of the molecule is CC(C)(C)c1cc(CSC2CCCCCCC2)c(O)c(-c2ccc3ccccc3c2)c1. The van der Waals surface area contributed by atoms with E-state index in [9.17, 15) is 5.11 Å². The molecule has 0 heterocycles. The van der Waals surface area contributed by atoms with E-state index < -0.39 is 0 Å². The molecule has 1 nitrogen and oxygen atoms in total. The first-order chi connectivity index (χ1) is 14.9. The highest BCUT2D eigenvalue weighted by molar-refractivity contribution is 7.99. The average molecular weight is 433 g/mol. The number of aromatic hydroxyl groups is 1. The van der Waals surface area contributed by atoms with Gasteiger partial charge in [-0.2, -0.15) is 11.8 Å². The van der Waals surface area contributed by atoms with Gasteiger partial charge in [0, 0.05) is 22.1 Å². The molecule has 0 aromatic heterocycles. The van der Waals surface area contributed by atoms with Crippen molar-refractivity contribution in [2.45, 2.75) is 82.1 Å². The van der Waals surface area contributed by atoms with Crippen LogP contribution >= 0.6 is 11.8 Å². The number of phenols is 1. The number of hydrogen-bond donors (Lipinski definition) is 1. The van der Waals surface area contributed by atoms with Gasteiger partial charge in [-0.3, -0.25) is 0 Å². The van der Waals surface area contributed by atoms with Crippen LogP contribution in [-0.2, 0) is 11.2 Å². The summed E-state index contributed by atoms with van der Waals surface area (Å²) in [5.74, 6) is 1.35. The third-order valence-corrected chi connectivity index (χ3v) is 8.06. The normalized spacial score (nSPS) is 16.2. The van der Waals surface area contributed by atoms with E-state index in [-0.39, 0.29) is 5.41 Å². The smallest absolute Gasteiger partial charge is 0.127 e. The lowest BCUT2D eigenvalue weighted by Crippen LogP contribution is -2.12. The Bertz CT molecular complexity index is 1020. The number of thioether (sulfide) groups is 1. The van der Waals surface area contributed by atoms with E-state index in [2.05, 4.69) is 87.1 Å². The molecule has 1 saturated carbocycles. The lowest BCUT2D eigenvalue weighted by molar-refractivity contribution is 0.471. The van der Waals surface area contributed by atoms with E-state index in [1.54, 1.807) is 0 Å². The van der Waals surface area contributed by atoms with Gasteiger partial charge in [0.15, 0.2) is 0 Å². The van der Waals surface area contributed by atoms with Crippen LogP contribution in [-0.4, -0.2) is 10.4 Å². The molecule has 3 aromatic rings. The van der Waals surface area contributed by atoms with Crippen molar-refractivity contribution in [3.8, 4) is 16.9 Å². The topological polar surface area (TPSA) is 20.2 Å². The third-order valence-electron chi connectivity index (χ3n) is 6.64. The van der Waals surface area contributed by atoms with Gasteiger partial charge < -0.3 is 5.11 Å². The summed E-state index contributed by atoms with van der Waals surface area (Å²) in [4.78, 5) is 0. The molecule has 0 amide bonds. The fourth-order valence-electron chi connectivity index (χ4n) is 4.61. The van der Waals surface area contributed by atoms with E-state index >= 15 is 0 Å². The zero-order valence-corrected chi connectivity index (χ0v) is 20.1. The predicted molar refractivity (Wildman–Crippen MR) is 137 cm³/mol. The lowest BCUT2D eigenvalue weighted by atomic mass is 9.83. The second kappa shape index (κ2) is 9.69. The van der Waals surface area contributed by atoms with Crippen LogP contribution in [0.15, 0.2) is 54.6 Å². The van der Waals surface area contributed by atoms with Crippen molar-refractivity contribution in [1.29, 1.82) is 0 Å². The van der Waals surface area contributed by atoms with Gasteiger partial charge in [0.25, 0.3) is 0 Å². The summed E-state index contributed by atoms with van der Waals surface area (Å²) in [6, 6.07) is 19.4. The summed E-state index contributed by atoms with van der Waals surface area (Å²) < 4.78 is 0. The Labute approximate surface area is 192 Å². The van der Waals surface area contributed by atoms with Crippen molar-refractivity contribution in [3.63, 3.8) is 0 Å². The van der Waals surface area contributed by atoms with Crippen molar-refractivity contribution < 1.29 is 5.11 Å². The molecule has 0 atom stereocenters. The predicted octanol–water partition coefficient (Wildman–Crippen LogP) is 8.86. The van der Waals surface area contributed by atoms with Crippen molar-refractivity contribution in [2.24, 2.45) is 0 Å². The fraction of sp³-hybridized carbons (Fsp3) is 0.448. The molecule has 31 heavy (non-hydrogen) atoms. The minimum Gasteiger partial charge on any atom is -0.507 e. The van der Waals surface area contributed by atoms with Gasteiger partial charge in [-0.1, -0.05) is 95.3 Å². The monoisotopic (exact) mass is 432 g/mol. The Balaban J connectivity index is 1.67. The van der Waals surface area contributed by atoms with Gasteiger partial charge in [0.2, 0.25) is 0 Å². The zero-order valence-electron chi connectivity index (χ0n) is 19.3. The molecule has 0 radical (unpaired) electrons. The molecule has 2 heteroatoms. The maximum atomic E-state index is 11.3. The summed E-state index contributed by atoms with van der Waals surface area (Å²) in [6.45, 7) is 6.78. The zero-order chi connectivity index (χ0) is 21.8. The van der Waals surface area contributed by atoms with Gasteiger partial charge in [-0.25, -0.2) is 0 Å². The first-order valence-electron chi connectivity index (χ1n) is 11.9. The molecule has 0 aliphatic heterocycles. The van der Waals surface area contributed by atoms with Gasteiger partial charge in [-0.05, 0) is 52.3 Å². The Morgan fingerprint density at radius 3 is 2.23 bits per heavy atom. The van der Waals surface area contributed by atoms with Gasteiger partial charge in [-0.15, -0.1) is 0 Å². The van der Waals surface area contributed by atoms with E-state index in [1.165, 1.54) is 61.3 Å². The highest BCUT2D eigenvalue weighted by Gasteiger charge is 2.21. The largest absolute Gasteiger partial charge is 0.507 e. The van der Waals surface area contributed by atoms with E-state index in [0.717, 1.165) is 27.7 Å². The van der Waals surface area contributed by atoms with Crippen LogP contribution in [0.3, 0.4) is 0 Å². The Hall–Kier alpha value is -1.93. The summed E-state index contributed by atoms with van der Waals surface area (Å²) in [6.07, 6.45) is 9.52. The number of rotatable bonds is 4. The fourth-order valence-corrected chi connectivity index (χ4v) is 5.91. The van der Waals surface area contributed by atoms with Crippen LogP contribution in [0.2, 0.25) is 0 Å². The Kier molecular flexibility index (Phi) is 6.96. The van der Waals surface area contributed by atoms with Crippen LogP contribution in [0, 0.1) is 0 Å². The molecule has 0 spiro atoms. The molecular weight excluding hydrogens is 396 g/mol. The molecule has 0 saturated heterocycles. The van der Waals surface area contributed by atoms with Crippen molar-refractivity contribution in [2.75, 3.05) is 0 Å². The van der Waals surface area contributed by atoms with Crippen molar-refractivity contribution >= 4 is 22.5 Å². The molecule has 3 aromatic carbocycles. The van der Waals surface area contributed by atoms with Crippen molar-refractivity contribution in [3.05, 3.63) is 65.7 Å². The third kappa shape index (κ3) is 5.47. The summed E-state index contributed by atoms with van der Waals surface area (Å²) in [7, 11) is 0. The van der Waals surface area contributed by atoms with E-state index in [1.807, 2.05) is 0 Å². The van der Waals surface area contributed by atoms with Gasteiger partial charge >= 0.3 is 0 Å². The minimum atomic E-state index is 0.0406. The minimum absolute atomic E-state index is 0.0406. The van der Waals surface area contributed by atoms with Crippen LogP contribution in [0.1, 0.15) is 76.8 Å². The Morgan fingerprint density at radius 1 is 0.839 bits per heavy atom. The molecular formula is C29H36OS. The summed E-state index contributed by atoms with van der Waals surface area (Å²) in [5, 5.41) is 14.5. The first kappa shape index (κ1) is 22.3. The molecule has 164 valence electrons. The Morgan fingerprint density at radius 2 is 1.52 bits per heavy atom. The number of hydrogen-bond acceptors (Lipinski definition) is 2. The number of phenolic OH excluding ortho intramolecular Hbond substituents is 1. The van der Waals surface area contributed by atoms with E-state index in [4.69, 9.17) is 0 Å². The summed E-state index contributed by atoms with van der Waals surface area (Å²) in [5.41, 5.74) is 4.48. The standard InChI is InChI=1S/C29H36OS/c1-29(2,3)25-18-24(20-31-26-13-7-5-4-6-8-14-26)28(30)27(19-25)23-16-15-21-11-9-10-12-22(21)17-23/h9-12,15-19,26,30H,4-8,13-14,20H2,1-3H3. The van der Waals surface area contributed by atoms with Crippen LogP contribution in [0.25, 0.3) is 21.9 Å². The van der Waals surface area contributed by atoms with E-state index in [0.29, 0.717) is 5.75 Å². The van der Waals surface area contributed by atoms with Crippen LogP contribution in [0.5, 0.6) is 5.75 Å². The van der Waals surface area contributed by atoms with Crippen LogP contribution < -0.4 is 0 Å². The molecule has 1 aliphatic rings. The number of fused-ring (bicyclic) bond motifs is 1. The molecule has 4 rings (SSSR count). The second-order valence-electron chi connectivity index (χ2n) is 10.1.